The summed E-state index contributed by atoms with van der Waals surface area (Å²) in [5.74, 6) is 1.47. The highest BCUT2D eigenvalue weighted by Gasteiger charge is 2.26. The number of rotatable bonds is 5. The van der Waals surface area contributed by atoms with Crippen LogP contribution < -0.4 is 15.2 Å². The zero-order valence-electron chi connectivity index (χ0n) is 9.77. The third kappa shape index (κ3) is 2.64. The Morgan fingerprint density at radius 3 is 2.81 bits per heavy atom. The van der Waals surface area contributed by atoms with Crippen LogP contribution in [-0.2, 0) is 6.54 Å². The van der Waals surface area contributed by atoms with Crippen molar-refractivity contribution in [1.82, 2.24) is 4.98 Å². The fraction of sp³-hybridized carbons (Fsp3) is 0.583. The van der Waals surface area contributed by atoms with Crippen molar-refractivity contribution in [1.29, 1.82) is 0 Å². The average Bonchev–Trinajstić information content (AvgIpc) is 3.03. The number of pyridine rings is 1. The van der Waals surface area contributed by atoms with Gasteiger partial charge in [-0.25, -0.2) is 0 Å². The van der Waals surface area contributed by atoms with E-state index in [0.717, 1.165) is 30.0 Å². The van der Waals surface area contributed by atoms with Gasteiger partial charge in [-0.1, -0.05) is 0 Å². The Morgan fingerprint density at radius 1 is 1.50 bits per heavy atom. The van der Waals surface area contributed by atoms with Crippen LogP contribution in [0, 0.1) is 0 Å². The fourth-order valence-corrected chi connectivity index (χ4v) is 1.44. The quantitative estimate of drug-likeness (QED) is 0.826. The third-order valence-corrected chi connectivity index (χ3v) is 2.31. The van der Waals surface area contributed by atoms with Gasteiger partial charge >= 0.3 is 0 Å². The second-order valence-corrected chi connectivity index (χ2v) is 4.27. The Bertz CT molecular complexity index is 362. The summed E-state index contributed by atoms with van der Waals surface area (Å²) < 4.78 is 11.5. The van der Waals surface area contributed by atoms with Gasteiger partial charge in [0.15, 0.2) is 11.5 Å². The molecule has 0 bridgehead atoms. The maximum absolute atomic E-state index is 5.81. The van der Waals surface area contributed by atoms with Gasteiger partial charge < -0.3 is 15.2 Å². The predicted molar refractivity (Wildman–Crippen MR) is 61.5 cm³/mol. The number of hydrogen-bond acceptors (Lipinski definition) is 4. The maximum Gasteiger partial charge on any atom is 0.184 e. The molecule has 1 aromatic rings. The van der Waals surface area contributed by atoms with Crippen molar-refractivity contribution in [3.8, 4) is 11.5 Å². The van der Waals surface area contributed by atoms with E-state index < -0.39 is 0 Å². The molecule has 0 aromatic carbocycles. The molecule has 0 saturated heterocycles. The van der Waals surface area contributed by atoms with E-state index >= 15 is 0 Å². The average molecular weight is 222 g/mol. The van der Waals surface area contributed by atoms with E-state index in [9.17, 15) is 0 Å². The highest BCUT2D eigenvalue weighted by Crippen LogP contribution is 2.35. The molecule has 2 N–H and O–H groups in total. The number of nitrogens with two attached hydrogens (primary N) is 1. The summed E-state index contributed by atoms with van der Waals surface area (Å²) in [6, 6.07) is 1.83. The highest BCUT2D eigenvalue weighted by molar-refractivity contribution is 5.43. The lowest BCUT2D eigenvalue weighted by Gasteiger charge is -2.16. The number of aromatic nitrogens is 1. The third-order valence-electron chi connectivity index (χ3n) is 2.31. The molecule has 2 rings (SSSR count). The van der Waals surface area contributed by atoms with Crippen molar-refractivity contribution in [3.63, 3.8) is 0 Å². The second-order valence-electron chi connectivity index (χ2n) is 4.27. The zero-order valence-corrected chi connectivity index (χ0v) is 9.77. The van der Waals surface area contributed by atoms with Gasteiger partial charge in [-0.3, -0.25) is 4.98 Å². The van der Waals surface area contributed by atoms with Crippen LogP contribution in [0.15, 0.2) is 12.3 Å². The van der Waals surface area contributed by atoms with E-state index in [1.807, 2.05) is 19.9 Å². The minimum absolute atomic E-state index is 0.120. The lowest BCUT2D eigenvalue weighted by Crippen LogP contribution is -2.11. The summed E-state index contributed by atoms with van der Waals surface area (Å²) >= 11 is 0. The first kappa shape index (κ1) is 11.2. The minimum atomic E-state index is 0.120. The van der Waals surface area contributed by atoms with Crippen LogP contribution in [0.25, 0.3) is 0 Å². The van der Waals surface area contributed by atoms with Crippen molar-refractivity contribution >= 4 is 0 Å². The molecule has 88 valence electrons. The predicted octanol–water partition coefficient (Wildman–Crippen LogP) is 1.87. The molecule has 16 heavy (non-hydrogen) atoms. The molecule has 0 unspecified atom stereocenters. The van der Waals surface area contributed by atoms with Crippen molar-refractivity contribution in [3.05, 3.63) is 18.0 Å². The summed E-state index contributed by atoms with van der Waals surface area (Å²) in [6.45, 7) is 4.35. The monoisotopic (exact) mass is 222 g/mol. The number of nitrogens with zero attached hydrogens (tertiary/aromatic N) is 1. The summed E-state index contributed by atoms with van der Waals surface area (Å²) in [5, 5.41) is 0. The van der Waals surface area contributed by atoms with Gasteiger partial charge in [0, 0.05) is 18.8 Å². The molecule has 1 saturated carbocycles. The standard InChI is InChI=1S/C12H18N2O2/c1-8(2)15-11-5-6-14-10(7-13)12(11)16-9-3-4-9/h5-6,8-9H,3-4,7,13H2,1-2H3. The summed E-state index contributed by atoms with van der Waals surface area (Å²) in [6.07, 6.45) is 4.37. The van der Waals surface area contributed by atoms with E-state index in [0.29, 0.717) is 12.6 Å². The lowest BCUT2D eigenvalue weighted by atomic mass is 10.3. The summed E-state index contributed by atoms with van der Waals surface area (Å²) in [4.78, 5) is 4.22. The van der Waals surface area contributed by atoms with Gasteiger partial charge in [-0.15, -0.1) is 0 Å². The Hall–Kier alpha value is -1.29. The van der Waals surface area contributed by atoms with Crippen LogP contribution in [-0.4, -0.2) is 17.2 Å². The van der Waals surface area contributed by atoms with Crippen molar-refractivity contribution in [2.45, 2.75) is 45.4 Å². The first-order chi connectivity index (χ1) is 7.70. The van der Waals surface area contributed by atoms with Crippen molar-refractivity contribution < 1.29 is 9.47 Å². The maximum atomic E-state index is 5.81. The van der Waals surface area contributed by atoms with Crippen LogP contribution in [0.3, 0.4) is 0 Å². The van der Waals surface area contributed by atoms with E-state index in [1.165, 1.54) is 0 Å². The molecule has 1 fully saturated rings. The normalized spacial score (nSPS) is 15.2. The molecule has 0 atom stereocenters. The molecule has 1 aliphatic rings. The smallest absolute Gasteiger partial charge is 0.184 e. The van der Waals surface area contributed by atoms with Gasteiger partial charge in [0.05, 0.1) is 17.9 Å². The fourth-order valence-electron chi connectivity index (χ4n) is 1.44. The van der Waals surface area contributed by atoms with Crippen molar-refractivity contribution in [2.75, 3.05) is 0 Å². The first-order valence-electron chi connectivity index (χ1n) is 5.72. The highest BCUT2D eigenvalue weighted by atomic mass is 16.5. The molecule has 1 heterocycles. The zero-order chi connectivity index (χ0) is 11.5. The Morgan fingerprint density at radius 2 is 2.25 bits per heavy atom. The molecular weight excluding hydrogens is 204 g/mol. The van der Waals surface area contributed by atoms with Gasteiger partial charge in [-0.2, -0.15) is 0 Å². The van der Waals surface area contributed by atoms with E-state index in [2.05, 4.69) is 4.98 Å². The molecule has 0 aliphatic heterocycles. The van der Waals surface area contributed by atoms with E-state index in [-0.39, 0.29) is 6.10 Å². The largest absolute Gasteiger partial charge is 0.487 e. The van der Waals surface area contributed by atoms with Gasteiger partial charge in [0.25, 0.3) is 0 Å². The van der Waals surface area contributed by atoms with Crippen LogP contribution >= 0.6 is 0 Å². The van der Waals surface area contributed by atoms with Crippen molar-refractivity contribution in [2.24, 2.45) is 5.73 Å². The second kappa shape index (κ2) is 4.70. The molecule has 0 radical (unpaired) electrons. The summed E-state index contributed by atoms with van der Waals surface area (Å²) in [5.41, 5.74) is 6.42. The molecule has 4 heteroatoms. The Labute approximate surface area is 95.8 Å². The van der Waals surface area contributed by atoms with Gasteiger partial charge in [0.1, 0.15) is 0 Å². The van der Waals surface area contributed by atoms with Gasteiger partial charge in [-0.05, 0) is 26.7 Å². The molecule has 0 amide bonds. The van der Waals surface area contributed by atoms with Crippen LogP contribution in [0.1, 0.15) is 32.4 Å². The number of hydrogen-bond donors (Lipinski definition) is 1. The first-order valence-corrected chi connectivity index (χ1v) is 5.72. The van der Waals surface area contributed by atoms with E-state index in [4.69, 9.17) is 15.2 Å². The van der Waals surface area contributed by atoms with E-state index in [1.54, 1.807) is 6.20 Å². The Balaban J connectivity index is 2.25. The molecule has 4 nitrogen and oxygen atoms in total. The van der Waals surface area contributed by atoms with Crippen LogP contribution in [0.2, 0.25) is 0 Å². The van der Waals surface area contributed by atoms with Gasteiger partial charge in [0.2, 0.25) is 0 Å². The molecule has 1 aromatic heterocycles. The lowest BCUT2D eigenvalue weighted by molar-refractivity contribution is 0.215. The topological polar surface area (TPSA) is 57.4 Å². The summed E-state index contributed by atoms with van der Waals surface area (Å²) in [7, 11) is 0. The van der Waals surface area contributed by atoms with Crippen LogP contribution in [0.5, 0.6) is 11.5 Å². The Kier molecular flexibility index (Phi) is 3.29. The number of ether oxygens (including phenoxy) is 2. The molecular formula is C12H18N2O2. The van der Waals surface area contributed by atoms with Crippen LogP contribution in [0.4, 0.5) is 0 Å². The molecule has 1 aliphatic carbocycles. The minimum Gasteiger partial charge on any atom is -0.487 e. The SMILES string of the molecule is CC(C)Oc1ccnc(CN)c1OC1CC1. The molecule has 0 spiro atoms.